The maximum absolute atomic E-state index is 11.8. The van der Waals surface area contributed by atoms with Crippen LogP contribution >= 0.6 is 0 Å². The number of fused-ring (bicyclic) bond motifs is 1. The van der Waals surface area contributed by atoms with Gasteiger partial charge >= 0.3 is 5.76 Å². The van der Waals surface area contributed by atoms with Crippen LogP contribution in [0.15, 0.2) is 27.4 Å². The van der Waals surface area contributed by atoms with E-state index in [1.807, 2.05) is 13.8 Å². The zero-order chi connectivity index (χ0) is 13.3. The van der Waals surface area contributed by atoms with E-state index in [-0.39, 0.29) is 11.8 Å². The first-order valence-electron chi connectivity index (χ1n) is 5.66. The molecule has 1 aromatic heterocycles. The maximum atomic E-state index is 11.8. The molecule has 1 heterocycles. The molecule has 6 nitrogen and oxygen atoms in total. The number of rotatable bonds is 3. The molecule has 2 aromatic rings. The third kappa shape index (κ3) is 2.43. The van der Waals surface area contributed by atoms with Crippen molar-refractivity contribution in [1.82, 2.24) is 4.98 Å². The van der Waals surface area contributed by atoms with E-state index < -0.39 is 11.8 Å². The molecular formula is C12H15N3O3. The largest absolute Gasteiger partial charge is 0.417 e. The molecule has 96 valence electrons. The smallest absolute Gasteiger partial charge is 0.408 e. The highest BCUT2D eigenvalue weighted by atomic mass is 16.4. The van der Waals surface area contributed by atoms with Gasteiger partial charge in [-0.3, -0.25) is 9.78 Å². The number of carbonyl (C=O) groups is 1. The highest BCUT2D eigenvalue weighted by Gasteiger charge is 2.17. The average Bonchev–Trinajstić information content (AvgIpc) is 2.67. The topological polar surface area (TPSA) is 101 Å². The molecule has 0 saturated carbocycles. The molecule has 2 rings (SSSR count). The summed E-state index contributed by atoms with van der Waals surface area (Å²) in [7, 11) is 0. The Bertz CT molecular complexity index is 627. The zero-order valence-corrected chi connectivity index (χ0v) is 10.2. The van der Waals surface area contributed by atoms with Crippen molar-refractivity contribution in [3.8, 4) is 0 Å². The van der Waals surface area contributed by atoms with Crippen molar-refractivity contribution in [2.75, 3.05) is 5.32 Å². The lowest BCUT2D eigenvalue weighted by atomic mass is 10.0. The van der Waals surface area contributed by atoms with Crippen molar-refractivity contribution in [2.24, 2.45) is 11.7 Å². The van der Waals surface area contributed by atoms with Crippen LogP contribution in [-0.4, -0.2) is 16.9 Å². The van der Waals surface area contributed by atoms with Crippen LogP contribution in [0.5, 0.6) is 0 Å². The quantitative estimate of drug-likeness (QED) is 0.756. The van der Waals surface area contributed by atoms with Gasteiger partial charge < -0.3 is 15.5 Å². The Morgan fingerprint density at radius 1 is 1.44 bits per heavy atom. The third-order valence-electron chi connectivity index (χ3n) is 2.71. The fourth-order valence-corrected chi connectivity index (χ4v) is 1.56. The van der Waals surface area contributed by atoms with Crippen LogP contribution in [0, 0.1) is 5.92 Å². The summed E-state index contributed by atoms with van der Waals surface area (Å²) in [6.45, 7) is 3.75. The van der Waals surface area contributed by atoms with Crippen LogP contribution in [0.3, 0.4) is 0 Å². The molecule has 0 aliphatic carbocycles. The number of nitrogens with one attached hydrogen (secondary N) is 2. The first-order chi connectivity index (χ1) is 8.47. The number of hydrogen-bond donors (Lipinski definition) is 3. The molecule has 6 heteroatoms. The highest BCUT2D eigenvalue weighted by Crippen LogP contribution is 2.16. The summed E-state index contributed by atoms with van der Waals surface area (Å²) >= 11 is 0. The minimum Gasteiger partial charge on any atom is -0.408 e. The van der Waals surface area contributed by atoms with Gasteiger partial charge in [0, 0.05) is 5.69 Å². The number of benzene rings is 1. The van der Waals surface area contributed by atoms with Gasteiger partial charge in [-0.2, -0.15) is 0 Å². The molecule has 1 atom stereocenters. The van der Waals surface area contributed by atoms with Crippen LogP contribution in [0.1, 0.15) is 13.8 Å². The number of carbonyl (C=O) groups excluding carboxylic acids is 1. The molecule has 0 bridgehead atoms. The summed E-state index contributed by atoms with van der Waals surface area (Å²) in [5.41, 5.74) is 7.29. The van der Waals surface area contributed by atoms with E-state index in [4.69, 9.17) is 10.2 Å². The molecule has 18 heavy (non-hydrogen) atoms. The van der Waals surface area contributed by atoms with Crippen molar-refractivity contribution in [3.05, 3.63) is 28.7 Å². The molecule has 1 amide bonds. The van der Waals surface area contributed by atoms with E-state index in [1.54, 1.807) is 18.2 Å². The molecule has 0 saturated heterocycles. The summed E-state index contributed by atoms with van der Waals surface area (Å²) in [5, 5.41) is 2.70. The number of nitrogens with two attached hydrogens (primary N) is 1. The van der Waals surface area contributed by atoms with Crippen molar-refractivity contribution < 1.29 is 9.21 Å². The summed E-state index contributed by atoms with van der Waals surface area (Å²) in [6.07, 6.45) is 0. The summed E-state index contributed by atoms with van der Waals surface area (Å²) in [4.78, 5) is 25.3. The van der Waals surface area contributed by atoms with Gasteiger partial charge in [-0.1, -0.05) is 13.8 Å². The van der Waals surface area contributed by atoms with E-state index in [0.717, 1.165) is 0 Å². The Hall–Kier alpha value is -2.08. The lowest BCUT2D eigenvalue weighted by molar-refractivity contribution is -0.118. The maximum Gasteiger partial charge on any atom is 0.417 e. The fourth-order valence-electron chi connectivity index (χ4n) is 1.56. The van der Waals surface area contributed by atoms with E-state index in [0.29, 0.717) is 16.8 Å². The fraction of sp³-hybridized carbons (Fsp3) is 0.333. The summed E-state index contributed by atoms with van der Waals surface area (Å²) < 4.78 is 4.87. The Morgan fingerprint density at radius 2 is 2.17 bits per heavy atom. The number of hydrogen-bond acceptors (Lipinski definition) is 4. The summed E-state index contributed by atoms with van der Waals surface area (Å²) in [6, 6.07) is 4.34. The zero-order valence-electron chi connectivity index (χ0n) is 10.2. The molecule has 0 radical (unpaired) electrons. The standard InChI is InChI=1S/C12H15N3O3/c1-6(2)10(13)11(16)14-7-3-4-9-8(5-7)15-12(17)18-9/h3-6,10H,13H2,1-2H3,(H,14,16)(H,15,17). The van der Waals surface area contributed by atoms with Gasteiger partial charge in [-0.05, 0) is 24.1 Å². The monoisotopic (exact) mass is 249 g/mol. The van der Waals surface area contributed by atoms with Crippen LogP contribution in [0.25, 0.3) is 11.1 Å². The van der Waals surface area contributed by atoms with Crippen LogP contribution < -0.4 is 16.8 Å². The Labute approximate surface area is 103 Å². The molecule has 0 fully saturated rings. The number of amides is 1. The van der Waals surface area contributed by atoms with Crippen molar-refractivity contribution in [1.29, 1.82) is 0 Å². The second-order valence-corrected chi connectivity index (χ2v) is 4.48. The van der Waals surface area contributed by atoms with Gasteiger partial charge in [-0.15, -0.1) is 0 Å². The van der Waals surface area contributed by atoms with Gasteiger partial charge in [0.25, 0.3) is 0 Å². The average molecular weight is 249 g/mol. The molecule has 1 aromatic carbocycles. The molecule has 1 unspecified atom stereocenters. The van der Waals surface area contributed by atoms with Crippen LogP contribution in [-0.2, 0) is 4.79 Å². The van der Waals surface area contributed by atoms with Gasteiger partial charge in [-0.25, -0.2) is 4.79 Å². The number of oxazole rings is 1. The van der Waals surface area contributed by atoms with Crippen molar-refractivity contribution >= 4 is 22.7 Å². The number of anilines is 1. The highest BCUT2D eigenvalue weighted by molar-refractivity contribution is 5.96. The van der Waals surface area contributed by atoms with E-state index in [2.05, 4.69) is 10.3 Å². The van der Waals surface area contributed by atoms with Gasteiger partial charge in [0.15, 0.2) is 5.58 Å². The summed E-state index contributed by atoms with van der Waals surface area (Å²) in [5.74, 6) is -0.718. The Balaban J connectivity index is 2.21. The lowest BCUT2D eigenvalue weighted by Crippen LogP contribution is -2.39. The molecular weight excluding hydrogens is 234 g/mol. The first-order valence-corrected chi connectivity index (χ1v) is 5.66. The Kier molecular flexibility index (Phi) is 3.20. The van der Waals surface area contributed by atoms with Gasteiger partial charge in [0.2, 0.25) is 5.91 Å². The number of aromatic nitrogens is 1. The SMILES string of the molecule is CC(C)C(N)C(=O)Nc1ccc2oc(=O)[nH]c2c1. The van der Waals surface area contributed by atoms with Crippen molar-refractivity contribution in [3.63, 3.8) is 0 Å². The molecule has 4 N–H and O–H groups in total. The first kappa shape index (κ1) is 12.4. The van der Waals surface area contributed by atoms with E-state index in [9.17, 15) is 9.59 Å². The Morgan fingerprint density at radius 3 is 2.83 bits per heavy atom. The predicted octanol–water partition coefficient (Wildman–Crippen LogP) is 1.04. The second-order valence-electron chi connectivity index (χ2n) is 4.48. The van der Waals surface area contributed by atoms with Gasteiger partial charge in [0.05, 0.1) is 11.6 Å². The van der Waals surface area contributed by atoms with E-state index >= 15 is 0 Å². The third-order valence-corrected chi connectivity index (χ3v) is 2.71. The number of aromatic amines is 1. The lowest BCUT2D eigenvalue weighted by Gasteiger charge is -2.15. The van der Waals surface area contributed by atoms with Gasteiger partial charge in [0.1, 0.15) is 0 Å². The second kappa shape index (κ2) is 4.66. The number of H-pyrrole nitrogens is 1. The van der Waals surface area contributed by atoms with E-state index in [1.165, 1.54) is 0 Å². The minimum atomic E-state index is -0.566. The molecule has 0 spiro atoms. The normalized spacial score (nSPS) is 12.9. The molecule has 0 aliphatic heterocycles. The minimum absolute atomic E-state index is 0.0578. The molecule has 0 aliphatic rings. The van der Waals surface area contributed by atoms with Crippen molar-refractivity contribution in [2.45, 2.75) is 19.9 Å². The van der Waals surface area contributed by atoms with Crippen LogP contribution in [0.2, 0.25) is 0 Å². The predicted molar refractivity (Wildman–Crippen MR) is 68.3 cm³/mol. The van der Waals surface area contributed by atoms with Crippen LogP contribution in [0.4, 0.5) is 5.69 Å².